The van der Waals surface area contributed by atoms with Crippen LogP contribution in [0.5, 0.6) is 5.75 Å². The molecule has 0 spiro atoms. The minimum absolute atomic E-state index is 0.0511. The van der Waals surface area contributed by atoms with Crippen molar-refractivity contribution in [2.75, 3.05) is 0 Å². The second-order valence-corrected chi connectivity index (χ2v) is 5.32. The third kappa shape index (κ3) is 3.71. The maximum absolute atomic E-state index is 12.9. The molecule has 0 bridgehead atoms. The van der Waals surface area contributed by atoms with Crippen molar-refractivity contribution < 1.29 is 24.2 Å². The smallest absolute Gasteiger partial charge is 0.308 e. The topological polar surface area (TPSA) is 86.6 Å². The largest absolute Gasteiger partial charge is 0.507 e. The summed E-state index contributed by atoms with van der Waals surface area (Å²) < 4.78 is 12.9. The van der Waals surface area contributed by atoms with Crippen molar-refractivity contribution in [3.05, 3.63) is 29.6 Å². The van der Waals surface area contributed by atoms with Gasteiger partial charge in [0.2, 0.25) is 0 Å². The second kappa shape index (κ2) is 6.56. The van der Waals surface area contributed by atoms with E-state index in [1.807, 2.05) is 0 Å². The number of benzene rings is 1. The highest BCUT2D eigenvalue weighted by Crippen LogP contribution is 2.25. The Balaban J connectivity index is 2.14. The number of carbonyl (C=O) groups is 2. The quantitative estimate of drug-likeness (QED) is 0.747. The first-order valence-electron chi connectivity index (χ1n) is 7.01. The molecule has 1 aliphatic carbocycles. The van der Waals surface area contributed by atoms with Crippen LogP contribution in [0.3, 0.4) is 0 Å². The molecule has 6 heteroatoms. The van der Waals surface area contributed by atoms with Gasteiger partial charge in [0.1, 0.15) is 11.6 Å². The summed E-state index contributed by atoms with van der Waals surface area (Å²) in [5, 5.41) is 21.5. The Morgan fingerprint density at radius 3 is 2.57 bits per heavy atom. The van der Waals surface area contributed by atoms with Gasteiger partial charge in [0.25, 0.3) is 5.91 Å². The summed E-state index contributed by atoms with van der Waals surface area (Å²) in [6, 6.07) is 2.65. The van der Waals surface area contributed by atoms with Crippen LogP contribution in [0.1, 0.15) is 42.5 Å². The zero-order chi connectivity index (χ0) is 15.4. The predicted octanol–water partition coefficient (Wildman–Crippen LogP) is 2.29. The van der Waals surface area contributed by atoms with Gasteiger partial charge in [0, 0.05) is 12.1 Å². The van der Waals surface area contributed by atoms with Crippen LogP contribution in [0.2, 0.25) is 0 Å². The Morgan fingerprint density at radius 2 is 1.90 bits per heavy atom. The van der Waals surface area contributed by atoms with E-state index in [1.54, 1.807) is 0 Å². The molecule has 0 aromatic heterocycles. The Morgan fingerprint density at radius 1 is 1.19 bits per heavy atom. The van der Waals surface area contributed by atoms with E-state index in [9.17, 15) is 24.2 Å². The van der Waals surface area contributed by atoms with Gasteiger partial charge in [-0.05, 0) is 25.0 Å². The highest BCUT2D eigenvalue weighted by atomic mass is 19.1. The first-order chi connectivity index (χ1) is 9.99. The standard InChI is InChI=1S/C15H18FNO4/c16-9-6-7-11(13(18)8-9)14(19)17-12-5-3-1-2-4-10(12)15(20)21/h6-8,10,12,18H,1-5H2,(H,17,19)(H,20,21). The van der Waals surface area contributed by atoms with Crippen LogP contribution < -0.4 is 5.32 Å². The molecule has 0 aliphatic heterocycles. The number of carboxylic acid groups (broad SMARTS) is 1. The van der Waals surface area contributed by atoms with Crippen molar-refractivity contribution in [1.29, 1.82) is 0 Å². The fraction of sp³-hybridized carbons (Fsp3) is 0.467. The maximum Gasteiger partial charge on any atom is 0.308 e. The molecule has 0 radical (unpaired) electrons. The van der Waals surface area contributed by atoms with Crippen LogP contribution in [-0.2, 0) is 4.79 Å². The number of aromatic hydroxyl groups is 1. The number of rotatable bonds is 3. The predicted molar refractivity (Wildman–Crippen MR) is 73.5 cm³/mol. The van der Waals surface area contributed by atoms with Crippen LogP contribution in [-0.4, -0.2) is 28.1 Å². The molecule has 0 heterocycles. The zero-order valence-electron chi connectivity index (χ0n) is 11.5. The van der Waals surface area contributed by atoms with E-state index in [1.165, 1.54) is 6.07 Å². The molecule has 0 saturated heterocycles. The SMILES string of the molecule is O=C(NC1CCCCCC1C(=O)O)c1ccc(F)cc1O. The summed E-state index contributed by atoms with van der Waals surface area (Å²) in [7, 11) is 0. The van der Waals surface area contributed by atoms with E-state index in [-0.39, 0.29) is 5.56 Å². The molecule has 2 rings (SSSR count). The van der Waals surface area contributed by atoms with E-state index in [4.69, 9.17) is 0 Å². The molecule has 114 valence electrons. The molecule has 1 amide bonds. The lowest BCUT2D eigenvalue weighted by Gasteiger charge is -2.23. The normalized spacial score (nSPS) is 22.3. The van der Waals surface area contributed by atoms with E-state index in [2.05, 4.69) is 5.32 Å². The number of hydrogen-bond donors (Lipinski definition) is 3. The first kappa shape index (κ1) is 15.3. The minimum atomic E-state index is -0.925. The number of amides is 1. The summed E-state index contributed by atoms with van der Waals surface area (Å²) in [6.45, 7) is 0. The van der Waals surface area contributed by atoms with Crippen molar-refractivity contribution in [1.82, 2.24) is 5.32 Å². The number of aliphatic carboxylic acids is 1. The molecule has 2 unspecified atom stereocenters. The van der Waals surface area contributed by atoms with Crippen LogP contribution >= 0.6 is 0 Å². The monoisotopic (exact) mass is 295 g/mol. The third-order valence-corrected chi connectivity index (χ3v) is 3.85. The lowest BCUT2D eigenvalue weighted by atomic mass is 9.94. The van der Waals surface area contributed by atoms with Gasteiger partial charge < -0.3 is 15.5 Å². The summed E-state index contributed by atoms with van der Waals surface area (Å²) in [4.78, 5) is 23.4. The van der Waals surface area contributed by atoms with Crippen molar-refractivity contribution >= 4 is 11.9 Å². The van der Waals surface area contributed by atoms with Gasteiger partial charge in [-0.3, -0.25) is 9.59 Å². The van der Waals surface area contributed by atoms with Crippen LogP contribution in [0.15, 0.2) is 18.2 Å². The number of hydrogen-bond acceptors (Lipinski definition) is 3. The molecule has 2 atom stereocenters. The van der Waals surface area contributed by atoms with Crippen molar-refractivity contribution in [3.8, 4) is 5.75 Å². The molecule has 1 saturated carbocycles. The summed E-state index contributed by atoms with van der Waals surface area (Å²) in [5.74, 6) is -3.22. The molecule has 1 aliphatic rings. The number of halogens is 1. The lowest BCUT2D eigenvalue weighted by molar-refractivity contribution is -0.142. The second-order valence-electron chi connectivity index (χ2n) is 5.32. The number of phenolic OH excluding ortho intramolecular Hbond substituents is 1. The van der Waals surface area contributed by atoms with Crippen molar-refractivity contribution in [3.63, 3.8) is 0 Å². The van der Waals surface area contributed by atoms with E-state index in [0.717, 1.165) is 31.4 Å². The van der Waals surface area contributed by atoms with Crippen molar-refractivity contribution in [2.24, 2.45) is 5.92 Å². The Hall–Kier alpha value is -2.11. The van der Waals surface area contributed by atoms with Crippen molar-refractivity contribution in [2.45, 2.75) is 38.1 Å². The number of phenols is 1. The number of carbonyl (C=O) groups excluding carboxylic acids is 1. The Kier molecular flexibility index (Phi) is 4.77. The van der Waals surface area contributed by atoms with Gasteiger partial charge in [-0.1, -0.05) is 19.3 Å². The number of nitrogens with one attached hydrogen (secondary N) is 1. The van der Waals surface area contributed by atoms with Gasteiger partial charge in [-0.15, -0.1) is 0 Å². The minimum Gasteiger partial charge on any atom is -0.507 e. The van der Waals surface area contributed by atoms with Gasteiger partial charge in [-0.25, -0.2) is 4.39 Å². The van der Waals surface area contributed by atoms with Gasteiger partial charge in [0.05, 0.1) is 11.5 Å². The maximum atomic E-state index is 12.9. The third-order valence-electron chi connectivity index (χ3n) is 3.85. The molecular formula is C15H18FNO4. The van der Waals surface area contributed by atoms with Gasteiger partial charge >= 0.3 is 5.97 Å². The van der Waals surface area contributed by atoms with E-state index >= 15 is 0 Å². The molecule has 5 nitrogen and oxygen atoms in total. The summed E-state index contributed by atoms with van der Waals surface area (Å²) in [6.07, 6.45) is 3.73. The fourth-order valence-corrected chi connectivity index (χ4v) is 2.72. The summed E-state index contributed by atoms with van der Waals surface area (Å²) >= 11 is 0. The zero-order valence-corrected chi connectivity index (χ0v) is 11.5. The van der Waals surface area contributed by atoms with Gasteiger partial charge in [0.15, 0.2) is 0 Å². The molecular weight excluding hydrogens is 277 g/mol. The Bertz CT molecular complexity index is 546. The Labute approximate surface area is 121 Å². The van der Waals surface area contributed by atoms with Crippen LogP contribution in [0.25, 0.3) is 0 Å². The van der Waals surface area contributed by atoms with E-state index in [0.29, 0.717) is 12.8 Å². The van der Waals surface area contributed by atoms with E-state index < -0.39 is 35.4 Å². The lowest BCUT2D eigenvalue weighted by Crippen LogP contribution is -2.42. The molecule has 3 N–H and O–H groups in total. The first-order valence-corrected chi connectivity index (χ1v) is 7.01. The average molecular weight is 295 g/mol. The highest BCUT2D eigenvalue weighted by Gasteiger charge is 2.31. The fourth-order valence-electron chi connectivity index (χ4n) is 2.72. The molecule has 1 fully saturated rings. The molecule has 21 heavy (non-hydrogen) atoms. The molecule has 1 aromatic rings. The average Bonchev–Trinajstić information content (AvgIpc) is 2.63. The summed E-state index contributed by atoms with van der Waals surface area (Å²) in [5.41, 5.74) is -0.0511. The van der Waals surface area contributed by atoms with Crippen LogP contribution in [0, 0.1) is 11.7 Å². The van der Waals surface area contributed by atoms with Gasteiger partial charge in [-0.2, -0.15) is 0 Å². The van der Waals surface area contributed by atoms with Crippen LogP contribution in [0.4, 0.5) is 4.39 Å². The molecule has 1 aromatic carbocycles. The number of carboxylic acids is 1. The highest BCUT2D eigenvalue weighted by molar-refractivity contribution is 5.97.